The largest absolute Gasteiger partial charge is 0.380 e. The van der Waals surface area contributed by atoms with Crippen molar-refractivity contribution in [2.45, 2.75) is 26.8 Å². The minimum Gasteiger partial charge on any atom is -0.380 e. The summed E-state index contributed by atoms with van der Waals surface area (Å²) in [6.45, 7) is 9.44. The molecule has 1 aliphatic heterocycles. The second kappa shape index (κ2) is 4.56. The summed E-state index contributed by atoms with van der Waals surface area (Å²) in [6.07, 6.45) is 0. The van der Waals surface area contributed by atoms with Crippen LogP contribution in [0.25, 0.3) is 0 Å². The van der Waals surface area contributed by atoms with Crippen LogP contribution in [0.4, 0.5) is 0 Å². The van der Waals surface area contributed by atoms with Crippen LogP contribution < -0.4 is 5.32 Å². The molecule has 1 heterocycles. The van der Waals surface area contributed by atoms with Crippen molar-refractivity contribution in [2.24, 2.45) is 5.41 Å². The van der Waals surface area contributed by atoms with E-state index in [0.29, 0.717) is 11.5 Å². The van der Waals surface area contributed by atoms with Gasteiger partial charge in [0.05, 0.1) is 13.2 Å². The quantitative estimate of drug-likeness (QED) is 0.840. The molecule has 1 N–H and O–H groups in total. The summed E-state index contributed by atoms with van der Waals surface area (Å²) in [5.74, 6) is 0. The molecule has 1 aromatic rings. The molecule has 0 saturated carbocycles. The van der Waals surface area contributed by atoms with Gasteiger partial charge in [-0.15, -0.1) is 0 Å². The average Bonchev–Trinajstić information content (AvgIpc) is 2.23. The van der Waals surface area contributed by atoms with E-state index in [1.165, 1.54) is 11.1 Å². The van der Waals surface area contributed by atoms with E-state index in [4.69, 9.17) is 4.74 Å². The number of benzene rings is 1. The van der Waals surface area contributed by atoms with Crippen molar-refractivity contribution in [2.75, 3.05) is 19.8 Å². The van der Waals surface area contributed by atoms with Crippen LogP contribution in [0.2, 0.25) is 0 Å². The Kier molecular flexibility index (Phi) is 3.31. The van der Waals surface area contributed by atoms with Crippen LogP contribution >= 0.6 is 0 Å². The maximum absolute atomic E-state index is 5.25. The third kappa shape index (κ3) is 2.63. The Balaban J connectivity index is 1.90. The minimum atomic E-state index is 0.345. The van der Waals surface area contributed by atoms with Gasteiger partial charge in [-0.25, -0.2) is 0 Å². The van der Waals surface area contributed by atoms with Gasteiger partial charge in [0.1, 0.15) is 0 Å². The molecule has 0 spiro atoms. The molecule has 88 valence electrons. The monoisotopic (exact) mass is 219 g/mol. The van der Waals surface area contributed by atoms with Gasteiger partial charge < -0.3 is 10.1 Å². The Labute approximate surface area is 98.0 Å². The third-order valence-corrected chi connectivity index (χ3v) is 3.28. The van der Waals surface area contributed by atoms with Crippen LogP contribution in [-0.2, 0) is 4.74 Å². The summed E-state index contributed by atoms with van der Waals surface area (Å²) in [7, 11) is 0. The number of rotatable bonds is 4. The molecule has 0 aliphatic carbocycles. The first-order chi connectivity index (χ1) is 7.59. The zero-order valence-corrected chi connectivity index (χ0v) is 10.4. The predicted molar refractivity (Wildman–Crippen MR) is 66.5 cm³/mol. The lowest BCUT2D eigenvalue weighted by atomic mass is 9.88. The predicted octanol–water partition coefficient (Wildman–Crippen LogP) is 2.68. The molecule has 2 nitrogen and oxygen atoms in total. The van der Waals surface area contributed by atoms with E-state index in [-0.39, 0.29) is 0 Å². The first kappa shape index (κ1) is 11.6. The molecule has 1 fully saturated rings. The third-order valence-electron chi connectivity index (χ3n) is 3.28. The molecular formula is C14H21NO. The molecule has 2 heteroatoms. The van der Waals surface area contributed by atoms with Crippen LogP contribution in [0.5, 0.6) is 0 Å². The summed E-state index contributed by atoms with van der Waals surface area (Å²) in [5, 5.41) is 3.59. The molecule has 0 bridgehead atoms. The summed E-state index contributed by atoms with van der Waals surface area (Å²) >= 11 is 0. The topological polar surface area (TPSA) is 21.3 Å². The van der Waals surface area contributed by atoms with Crippen LogP contribution in [0.1, 0.15) is 31.0 Å². The second-order valence-corrected chi connectivity index (χ2v) is 5.32. The molecule has 0 radical (unpaired) electrons. The van der Waals surface area contributed by atoms with Gasteiger partial charge in [-0.05, 0) is 19.4 Å². The van der Waals surface area contributed by atoms with Crippen molar-refractivity contribution < 1.29 is 4.74 Å². The Hall–Kier alpha value is -0.860. The van der Waals surface area contributed by atoms with E-state index in [0.717, 1.165) is 19.8 Å². The Morgan fingerprint density at radius 3 is 2.75 bits per heavy atom. The van der Waals surface area contributed by atoms with E-state index in [2.05, 4.69) is 50.4 Å². The van der Waals surface area contributed by atoms with Gasteiger partial charge in [0, 0.05) is 18.0 Å². The molecule has 0 amide bonds. The van der Waals surface area contributed by atoms with E-state index >= 15 is 0 Å². The Bertz CT molecular complexity index is 358. The van der Waals surface area contributed by atoms with Crippen LogP contribution in [-0.4, -0.2) is 19.8 Å². The van der Waals surface area contributed by atoms with E-state index in [1.54, 1.807) is 0 Å². The van der Waals surface area contributed by atoms with E-state index < -0.39 is 0 Å². The highest BCUT2D eigenvalue weighted by Gasteiger charge is 2.33. The Morgan fingerprint density at radius 1 is 1.44 bits per heavy atom. The van der Waals surface area contributed by atoms with Gasteiger partial charge in [0.2, 0.25) is 0 Å². The lowest BCUT2D eigenvalue weighted by Crippen LogP contribution is -2.47. The molecule has 0 aromatic heterocycles. The zero-order chi connectivity index (χ0) is 11.6. The summed E-state index contributed by atoms with van der Waals surface area (Å²) in [4.78, 5) is 0. The first-order valence-electron chi connectivity index (χ1n) is 5.97. The van der Waals surface area contributed by atoms with Crippen molar-refractivity contribution in [1.29, 1.82) is 0 Å². The molecule has 1 aliphatic rings. The number of hydrogen-bond donors (Lipinski definition) is 1. The van der Waals surface area contributed by atoms with Crippen LogP contribution in [0.3, 0.4) is 0 Å². The molecule has 2 rings (SSSR count). The lowest BCUT2D eigenvalue weighted by Gasteiger charge is -2.39. The molecule has 0 unspecified atom stereocenters. The molecule has 16 heavy (non-hydrogen) atoms. The van der Waals surface area contributed by atoms with Gasteiger partial charge in [-0.3, -0.25) is 0 Å². The van der Waals surface area contributed by atoms with Gasteiger partial charge in [0.25, 0.3) is 0 Å². The number of ether oxygens (including phenoxy) is 1. The normalized spacial score (nSPS) is 20.2. The maximum atomic E-state index is 5.25. The van der Waals surface area contributed by atoms with Crippen molar-refractivity contribution in [3.05, 3.63) is 35.4 Å². The molecule has 1 aromatic carbocycles. The van der Waals surface area contributed by atoms with Crippen molar-refractivity contribution in [3.63, 3.8) is 0 Å². The number of aryl methyl sites for hydroxylation is 1. The first-order valence-corrected chi connectivity index (χ1v) is 5.97. The minimum absolute atomic E-state index is 0.345. The average molecular weight is 219 g/mol. The van der Waals surface area contributed by atoms with E-state index in [9.17, 15) is 0 Å². The van der Waals surface area contributed by atoms with Gasteiger partial charge in [-0.2, -0.15) is 0 Å². The molecule has 1 atom stereocenters. The smallest absolute Gasteiger partial charge is 0.0554 e. The van der Waals surface area contributed by atoms with Crippen molar-refractivity contribution in [3.8, 4) is 0 Å². The van der Waals surface area contributed by atoms with Gasteiger partial charge >= 0.3 is 0 Å². The lowest BCUT2D eigenvalue weighted by molar-refractivity contribution is -0.0999. The van der Waals surface area contributed by atoms with Crippen molar-refractivity contribution >= 4 is 0 Å². The van der Waals surface area contributed by atoms with Crippen molar-refractivity contribution in [1.82, 2.24) is 5.32 Å². The summed E-state index contributed by atoms with van der Waals surface area (Å²) < 4.78 is 5.25. The molecular weight excluding hydrogens is 198 g/mol. The number of nitrogens with one attached hydrogen (secondary N) is 1. The highest BCUT2D eigenvalue weighted by atomic mass is 16.5. The highest BCUT2D eigenvalue weighted by Crippen LogP contribution is 2.26. The summed E-state index contributed by atoms with van der Waals surface area (Å²) in [5.41, 5.74) is 3.03. The zero-order valence-electron chi connectivity index (χ0n) is 10.4. The fraction of sp³-hybridized carbons (Fsp3) is 0.571. The van der Waals surface area contributed by atoms with E-state index in [1.807, 2.05) is 0 Å². The number of hydrogen-bond acceptors (Lipinski definition) is 2. The second-order valence-electron chi connectivity index (χ2n) is 5.32. The molecule has 1 saturated heterocycles. The van der Waals surface area contributed by atoms with Gasteiger partial charge in [0.15, 0.2) is 0 Å². The SMILES string of the molecule is Cc1cccc([C@H](C)NCC2(C)COC2)c1. The van der Waals surface area contributed by atoms with Crippen LogP contribution in [0, 0.1) is 12.3 Å². The standard InChI is InChI=1S/C14H21NO/c1-11-5-4-6-13(7-11)12(2)15-8-14(3)9-16-10-14/h4-7,12,15H,8-10H2,1-3H3/t12-/m0/s1. The Morgan fingerprint density at radius 2 is 2.19 bits per heavy atom. The van der Waals surface area contributed by atoms with Gasteiger partial charge in [-0.1, -0.05) is 36.8 Å². The maximum Gasteiger partial charge on any atom is 0.0554 e. The highest BCUT2D eigenvalue weighted by molar-refractivity contribution is 5.24. The fourth-order valence-corrected chi connectivity index (χ4v) is 2.01. The fourth-order valence-electron chi connectivity index (χ4n) is 2.01. The summed E-state index contributed by atoms with van der Waals surface area (Å²) in [6, 6.07) is 9.10. The van der Waals surface area contributed by atoms with Crippen LogP contribution in [0.15, 0.2) is 24.3 Å².